The van der Waals surface area contributed by atoms with Crippen LogP contribution in [0, 0.1) is 16.0 Å². The normalized spacial score (nSPS) is 22.4. The van der Waals surface area contributed by atoms with Crippen molar-refractivity contribution in [2.75, 3.05) is 17.1 Å². The molecule has 6 rings (SSSR count). The fraction of sp³-hybridized carbons (Fsp3) is 0.296. The predicted molar refractivity (Wildman–Crippen MR) is 138 cm³/mol. The molecule has 0 bridgehead atoms. The Morgan fingerprint density at radius 1 is 1.08 bits per heavy atom. The van der Waals surface area contributed by atoms with Crippen molar-refractivity contribution in [3.05, 3.63) is 86.3 Å². The number of carbonyl (C=O) groups excluding carboxylic acids is 3. The number of hydrogen-bond donors (Lipinski definition) is 0. The van der Waals surface area contributed by atoms with Gasteiger partial charge in [-0.15, -0.1) is 11.3 Å². The first-order valence-electron chi connectivity index (χ1n) is 12.3. The van der Waals surface area contributed by atoms with E-state index in [0.717, 1.165) is 34.6 Å². The number of esters is 1. The van der Waals surface area contributed by atoms with Gasteiger partial charge in [0.25, 0.3) is 11.6 Å². The van der Waals surface area contributed by atoms with E-state index >= 15 is 0 Å². The van der Waals surface area contributed by atoms with Gasteiger partial charge in [0.05, 0.1) is 29.3 Å². The van der Waals surface area contributed by atoms with Gasteiger partial charge in [0, 0.05) is 17.0 Å². The standard InChI is InChI=1S/C27H23N3O7S/c1-36-27(33)20-18-12-5-6-13-19(18)38-26(20)28-24(31)21-22(15-8-7-11-17(14-15)30(34)35)29(37-23(21)25(28)32)16-9-3-2-4-10-16/h2-4,7-11,14,21-23H,5-6,12-13H2,1H3/t21-,22+,23-/m1/s1. The van der Waals surface area contributed by atoms with Gasteiger partial charge in [-0.1, -0.05) is 30.3 Å². The number of fused-ring (bicyclic) bond motifs is 2. The number of aryl methyl sites for hydroxylation is 1. The number of carbonyl (C=O) groups is 3. The van der Waals surface area contributed by atoms with Crippen molar-refractivity contribution in [2.45, 2.75) is 37.8 Å². The molecule has 2 fully saturated rings. The summed E-state index contributed by atoms with van der Waals surface area (Å²) in [5.74, 6) is -2.65. The fourth-order valence-electron chi connectivity index (χ4n) is 5.60. The SMILES string of the molecule is COC(=O)c1c(N2C(=O)[C@H]3[C@@H](ON(c4ccccc4)[C@H]3c3cccc([N+](=O)[O-])c3)C2=O)sc2c1CCCC2. The number of benzene rings is 2. The van der Waals surface area contributed by atoms with Gasteiger partial charge < -0.3 is 4.74 Å². The summed E-state index contributed by atoms with van der Waals surface area (Å²) in [6.07, 6.45) is 2.15. The molecule has 0 spiro atoms. The van der Waals surface area contributed by atoms with Crippen LogP contribution in [0.3, 0.4) is 0 Å². The van der Waals surface area contributed by atoms with Crippen LogP contribution in [-0.4, -0.2) is 35.9 Å². The van der Waals surface area contributed by atoms with E-state index in [1.807, 2.05) is 6.07 Å². The number of ether oxygens (including phenoxy) is 1. The highest BCUT2D eigenvalue weighted by Gasteiger charge is 2.61. The van der Waals surface area contributed by atoms with Gasteiger partial charge in [0.15, 0.2) is 6.10 Å². The summed E-state index contributed by atoms with van der Waals surface area (Å²) >= 11 is 1.27. The lowest BCUT2D eigenvalue weighted by Gasteiger charge is -2.28. The maximum absolute atomic E-state index is 14.1. The summed E-state index contributed by atoms with van der Waals surface area (Å²) < 4.78 is 5.04. The molecule has 2 amide bonds. The number of hydroxylamine groups is 1. The smallest absolute Gasteiger partial charge is 0.341 e. The highest BCUT2D eigenvalue weighted by molar-refractivity contribution is 7.17. The van der Waals surface area contributed by atoms with Gasteiger partial charge in [-0.2, -0.15) is 0 Å². The number of imide groups is 1. The van der Waals surface area contributed by atoms with Gasteiger partial charge in [-0.3, -0.25) is 24.5 Å². The molecule has 11 heteroatoms. The van der Waals surface area contributed by atoms with Crippen molar-refractivity contribution in [3.63, 3.8) is 0 Å². The maximum Gasteiger partial charge on any atom is 0.341 e. The van der Waals surface area contributed by atoms with Crippen molar-refractivity contribution in [3.8, 4) is 0 Å². The number of thiophene rings is 1. The molecule has 1 aliphatic carbocycles. The van der Waals surface area contributed by atoms with E-state index in [2.05, 4.69) is 0 Å². The molecule has 3 atom stereocenters. The van der Waals surface area contributed by atoms with Crippen LogP contribution in [0.4, 0.5) is 16.4 Å². The first-order valence-corrected chi connectivity index (χ1v) is 13.1. The average Bonchev–Trinajstić information content (AvgIpc) is 3.59. The maximum atomic E-state index is 14.1. The topological polar surface area (TPSA) is 119 Å². The van der Waals surface area contributed by atoms with E-state index in [4.69, 9.17) is 9.57 Å². The van der Waals surface area contributed by atoms with Crippen molar-refractivity contribution >= 4 is 45.5 Å². The van der Waals surface area contributed by atoms with Crippen LogP contribution in [0.15, 0.2) is 54.6 Å². The number of nitro groups is 1. The minimum atomic E-state index is -1.16. The number of methoxy groups -OCH3 is 1. The molecule has 38 heavy (non-hydrogen) atoms. The van der Waals surface area contributed by atoms with Gasteiger partial charge in [0.1, 0.15) is 10.9 Å². The zero-order valence-electron chi connectivity index (χ0n) is 20.4. The predicted octanol–water partition coefficient (Wildman–Crippen LogP) is 4.37. The molecule has 2 aromatic carbocycles. The third kappa shape index (κ3) is 3.69. The number of rotatable bonds is 5. The molecule has 194 valence electrons. The third-order valence-corrected chi connectivity index (χ3v) is 8.57. The average molecular weight is 534 g/mol. The Morgan fingerprint density at radius 3 is 2.58 bits per heavy atom. The highest BCUT2D eigenvalue weighted by Crippen LogP contribution is 2.50. The zero-order valence-corrected chi connectivity index (χ0v) is 21.2. The Bertz CT molecular complexity index is 1470. The quantitative estimate of drug-likeness (QED) is 0.205. The number of hydrogen-bond acceptors (Lipinski definition) is 9. The molecule has 1 aromatic heterocycles. The summed E-state index contributed by atoms with van der Waals surface area (Å²) in [6.45, 7) is 0. The third-order valence-electron chi connectivity index (χ3n) is 7.29. The first kappa shape index (κ1) is 24.3. The van der Waals surface area contributed by atoms with E-state index in [-0.39, 0.29) is 16.3 Å². The minimum Gasteiger partial charge on any atom is -0.465 e. The molecule has 0 N–H and O–H groups in total. The second-order valence-corrected chi connectivity index (χ2v) is 10.5. The van der Waals surface area contributed by atoms with Crippen LogP contribution >= 0.6 is 11.3 Å². The minimum absolute atomic E-state index is 0.133. The van der Waals surface area contributed by atoms with Gasteiger partial charge in [0.2, 0.25) is 5.91 Å². The number of nitrogens with zero attached hydrogens (tertiary/aromatic N) is 3. The van der Waals surface area contributed by atoms with Crippen molar-refractivity contribution < 1.29 is 28.9 Å². The summed E-state index contributed by atoms with van der Waals surface area (Å²) in [6, 6.07) is 14.2. The van der Waals surface area contributed by atoms with Gasteiger partial charge in [-0.25, -0.2) is 14.8 Å². The van der Waals surface area contributed by atoms with E-state index in [9.17, 15) is 24.5 Å². The molecular weight excluding hydrogens is 510 g/mol. The Kier molecular flexibility index (Phi) is 5.96. The fourth-order valence-corrected chi connectivity index (χ4v) is 6.98. The summed E-state index contributed by atoms with van der Waals surface area (Å²) in [4.78, 5) is 59.9. The molecule has 0 saturated carbocycles. The summed E-state index contributed by atoms with van der Waals surface area (Å²) in [7, 11) is 1.28. The van der Waals surface area contributed by atoms with Crippen LogP contribution in [0.5, 0.6) is 0 Å². The van der Waals surface area contributed by atoms with Crippen molar-refractivity contribution in [1.82, 2.24) is 0 Å². The number of para-hydroxylation sites is 1. The molecule has 0 radical (unpaired) electrons. The molecule has 3 heterocycles. The van der Waals surface area contributed by atoms with Crippen LogP contribution in [0.1, 0.15) is 45.2 Å². The van der Waals surface area contributed by atoms with Crippen molar-refractivity contribution in [1.29, 1.82) is 0 Å². The Morgan fingerprint density at radius 2 is 1.84 bits per heavy atom. The Balaban J connectivity index is 1.46. The lowest BCUT2D eigenvalue weighted by Crippen LogP contribution is -2.37. The number of amides is 2. The molecule has 3 aliphatic rings. The zero-order chi connectivity index (χ0) is 26.6. The van der Waals surface area contributed by atoms with Crippen molar-refractivity contribution in [2.24, 2.45) is 5.92 Å². The highest BCUT2D eigenvalue weighted by atomic mass is 32.1. The molecule has 0 unspecified atom stereocenters. The summed E-state index contributed by atoms with van der Waals surface area (Å²) in [5, 5.41) is 13.3. The molecule has 2 aliphatic heterocycles. The van der Waals surface area contributed by atoms with E-state index < -0.39 is 40.8 Å². The van der Waals surface area contributed by atoms with Crippen LogP contribution < -0.4 is 9.96 Å². The molecular formula is C27H23N3O7S. The lowest BCUT2D eigenvalue weighted by atomic mass is 9.90. The monoisotopic (exact) mass is 533 g/mol. The molecule has 3 aromatic rings. The van der Waals surface area contributed by atoms with Gasteiger partial charge in [-0.05, 0) is 48.9 Å². The number of non-ortho nitro benzene ring substituents is 1. The van der Waals surface area contributed by atoms with E-state index in [1.165, 1.54) is 35.6 Å². The van der Waals surface area contributed by atoms with Crippen LogP contribution in [0.2, 0.25) is 0 Å². The van der Waals surface area contributed by atoms with Crippen LogP contribution in [0.25, 0.3) is 0 Å². The summed E-state index contributed by atoms with van der Waals surface area (Å²) in [5.41, 5.74) is 2.04. The van der Waals surface area contributed by atoms with E-state index in [1.54, 1.807) is 36.4 Å². The number of anilines is 2. The Hall–Kier alpha value is -4.09. The molecule has 2 saturated heterocycles. The second kappa shape index (κ2) is 9.34. The van der Waals surface area contributed by atoms with Crippen LogP contribution in [-0.2, 0) is 32.0 Å². The Labute approximate surface area is 221 Å². The largest absolute Gasteiger partial charge is 0.465 e. The van der Waals surface area contributed by atoms with Gasteiger partial charge >= 0.3 is 5.97 Å². The second-order valence-electron chi connectivity index (χ2n) is 9.40. The molecule has 10 nitrogen and oxygen atoms in total. The first-order chi connectivity index (χ1) is 18.4. The number of nitro benzene ring substituents is 1. The van der Waals surface area contributed by atoms with E-state index in [0.29, 0.717) is 17.7 Å². The lowest BCUT2D eigenvalue weighted by molar-refractivity contribution is -0.384.